The van der Waals surface area contributed by atoms with Crippen LogP contribution in [0.2, 0.25) is 0 Å². The Kier molecular flexibility index (Phi) is 53.9. The number of aliphatic carboxylic acids is 2. The summed E-state index contributed by atoms with van der Waals surface area (Å²) in [6.45, 7) is 37.2. The fourth-order valence-electron chi connectivity index (χ4n) is 12.2. The van der Waals surface area contributed by atoms with Gasteiger partial charge in [0, 0.05) is 159 Å². The van der Waals surface area contributed by atoms with Crippen molar-refractivity contribution < 1.29 is 154 Å². The van der Waals surface area contributed by atoms with Gasteiger partial charge < -0.3 is 118 Å². The van der Waals surface area contributed by atoms with Gasteiger partial charge in [-0.1, -0.05) is 24.3 Å². The molecule has 6 atom stereocenters. The number of anilines is 2. The third-order valence-corrected chi connectivity index (χ3v) is 20.2. The van der Waals surface area contributed by atoms with Crippen LogP contribution >= 0.6 is 23.5 Å². The third-order valence-electron chi connectivity index (χ3n) is 19.2. The number of ketones is 4. The highest BCUT2D eigenvalue weighted by molar-refractivity contribution is 6.99. The quantitative estimate of drug-likeness (QED) is 0.0123. The number of aliphatic hydroxyl groups excluding tert-OH is 2. The smallest absolute Gasteiger partial charge is 0.331 e. The van der Waals surface area contributed by atoms with Crippen molar-refractivity contribution in [3.05, 3.63) is 95.1 Å². The van der Waals surface area contributed by atoms with Gasteiger partial charge in [-0.25, -0.2) is 28.8 Å². The van der Waals surface area contributed by atoms with Crippen LogP contribution in [-0.4, -0.2) is 311 Å². The monoisotopic (exact) mass is 1980 g/mol. The number of hydrogen-bond acceptors (Lipinski definition) is 42. The molecule has 0 spiro atoms. The van der Waals surface area contributed by atoms with Gasteiger partial charge in [-0.3, -0.25) is 38.4 Å². The molecule has 2 fully saturated rings. The second kappa shape index (κ2) is 62.6. The van der Waals surface area contributed by atoms with Crippen LogP contribution in [0.4, 0.5) is 11.6 Å². The SMILES string of the molecule is CC(O)C(=O)CCOC(=O)CCC(=O)O[C@@H](CNC(C)(C)C)COc1nsnc1N1CCOCC1.CC(O)C(=O)CCOC(=O)CCC(=O)O[C@@H](CNC(C)(C)C)COc1nsnc1N1CCOCC1.CCOC(=O)/C=C\C(=O)O[C@@H](CNC(C)(C)C)COc1cccc2c1CCCC2=O.CCOC(=O)/C=C\C(=O)O[C@@H](CNC(C)(C)C)COc1cccc2c1CCCC2=O.O=C(O)/C=C\C(=O)O. The van der Waals surface area contributed by atoms with Gasteiger partial charge in [-0.05, 0) is 149 Å². The van der Waals surface area contributed by atoms with Crippen LogP contribution in [0.3, 0.4) is 0 Å². The Morgan fingerprint density at radius 2 is 0.725 bits per heavy atom. The minimum absolute atomic E-state index is 0.0590. The highest BCUT2D eigenvalue weighted by atomic mass is 32.1. The molecule has 2 saturated heterocycles. The normalized spacial score (nSPS) is 15.1. The molecule has 0 radical (unpaired) electrons. The number of carbonyl (C=O) groups is 14. The van der Waals surface area contributed by atoms with Crippen molar-refractivity contribution in [2.45, 2.75) is 247 Å². The van der Waals surface area contributed by atoms with Gasteiger partial charge in [0.25, 0.3) is 11.8 Å². The van der Waals surface area contributed by atoms with Gasteiger partial charge in [0.15, 0.2) is 23.1 Å². The summed E-state index contributed by atoms with van der Waals surface area (Å²) in [5.74, 6) is -4.67. The summed E-state index contributed by atoms with van der Waals surface area (Å²) < 4.78 is 93.0. The molecule has 2 aromatic heterocycles. The number of morpholine rings is 2. The lowest BCUT2D eigenvalue weighted by Crippen LogP contribution is -2.44. The van der Waals surface area contributed by atoms with Crippen LogP contribution < -0.4 is 50.0 Å². The number of carboxylic acid groups (broad SMARTS) is 2. The van der Waals surface area contributed by atoms with Gasteiger partial charge in [0.1, 0.15) is 74.6 Å². The third kappa shape index (κ3) is 51.9. The van der Waals surface area contributed by atoms with Crippen LogP contribution in [0.1, 0.15) is 207 Å². The maximum Gasteiger partial charge on any atom is 0.331 e. The molecule has 2 aromatic carbocycles. The zero-order chi connectivity index (χ0) is 103. The van der Waals surface area contributed by atoms with E-state index >= 15 is 0 Å². The van der Waals surface area contributed by atoms with E-state index in [0.29, 0.717) is 150 Å². The summed E-state index contributed by atoms with van der Waals surface area (Å²) in [5.41, 5.74) is 2.45. The maximum absolute atomic E-state index is 12.4. The number of carbonyl (C=O) groups excluding carboxylic acids is 12. The largest absolute Gasteiger partial charge is 0.489 e. The lowest BCUT2D eigenvalue weighted by molar-refractivity contribution is -0.155. The molecule has 2 aliphatic heterocycles. The van der Waals surface area contributed by atoms with Crippen LogP contribution in [0, 0.1) is 0 Å². The summed E-state index contributed by atoms with van der Waals surface area (Å²) in [7, 11) is 0. The van der Waals surface area contributed by atoms with E-state index in [1.54, 1.807) is 26.0 Å². The first-order valence-corrected chi connectivity index (χ1v) is 47.1. The number of ether oxygens (including phenoxy) is 14. The number of fused-ring (bicyclic) bond motifs is 2. The van der Waals surface area contributed by atoms with Crippen molar-refractivity contribution in [2.24, 2.45) is 0 Å². The lowest BCUT2D eigenvalue weighted by atomic mass is 9.90. The van der Waals surface area contributed by atoms with E-state index in [-0.39, 0.29) is 125 Å². The molecular formula is C94H138N10O32S2. The van der Waals surface area contributed by atoms with Crippen LogP contribution in [0.15, 0.2) is 72.9 Å². The number of aromatic nitrogens is 4. The predicted molar refractivity (Wildman–Crippen MR) is 505 cm³/mol. The van der Waals surface area contributed by atoms with Gasteiger partial charge in [-0.2, -0.15) is 8.75 Å². The summed E-state index contributed by atoms with van der Waals surface area (Å²) in [6, 6.07) is 10.9. The van der Waals surface area contributed by atoms with E-state index in [1.165, 1.54) is 13.8 Å². The van der Waals surface area contributed by atoms with Crippen molar-refractivity contribution >= 4 is 118 Å². The number of rotatable bonds is 48. The molecule has 8 N–H and O–H groups in total. The van der Waals surface area contributed by atoms with Gasteiger partial charge >= 0.3 is 59.7 Å². The maximum atomic E-state index is 12.4. The number of carboxylic acids is 2. The average molecular weight is 1980 g/mol. The Balaban J connectivity index is 0.000000374. The molecule has 4 aromatic rings. The fourth-order valence-corrected chi connectivity index (χ4v) is 13.2. The van der Waals surface area contributed by atoms with Crippen LogP contribution in [-0.2, 0) is 118 Å². The Morgan fingerprint density at radius 3 is 1.04 bits per heavy atom. The average Bonchev–Trinajstić information content (AvgIpc) is 0.986. The second-order valence-electron chi connectivity index (χ2n) is 35.6. The van der Waals surface area contributed by atoms with Crippen molar-refractivity contribution in [3.8, 4) is 23.3 Å². The Bertz CT molecular complexity index is 4340. The highest BCUT2D eigenvalue weighted by Crippen LogP contribution is 2.33. The first kappa shape index (κ1) is 119. The Labute approximate surface area is 812 Å². The van der Waals surface area contributed by atoms with Crippen molar-refractivity contribution in [3.63, 3.8) is 0 Å². The van der Waals surface area contributed by atoms with E-state index in [1.807, 2.05) is 117 Å². The molecule has 2 unspecified atom stereocenters. The minimum atomic E-state index is -1.26. The molecule has 8 rings (SSSR count). The zero-order valence-corrected chi connectivity index (χ0v) is 83.4. The fraction of sp³-hybridized carbons (Fsp3) is 0.617. The van der Waals surface area contributed by atoms with E-state index < -0.39 is 108 Å². The Morgan fingerprint density at radius 1 is 0.413 bits per heavy atom. The topological polar surface area (TPSA) is 555 Å². The van der Waals surface area contributed by atoms with Crippen molar-refractivity contribution in [1.82, 2.24) is 38.8 Å². The molecule has 0 amide bonds. The molecule has 4 aliphatic rings. The molecule has 2 aliphatic carbocycles. The molecule has 0 bridgehead atoms. The molecular weight excluding hydrogens is 1850 g/mol. The van der Waals surface area contributed by atoms with Gasteiger partial charge in [0.05, 0.1) is 102 Å². The van der Waals surface area contributed by atoms with E-state index in [2.05, 4.69) is 38.8 Å². The minimum Gasteiger partial charge on any atom is -0.489 e. The number of nitrogens with one attached hydrogen (secondary N) is 4. The summed E-state index contributed by atoms with van der Waals surface area (Å²) >= 11 is 2.09. The number of Topliss-reactive ketones (excluding diaryl/α,β-unsaturated/α-hetero) is 4. The van der Waals surface area contributed by atoms with Crippen LogP contribution in [0.25, 0.3) is 0 Å². The zero-order valence-electron chi connectivity index (χ0n) is 81.7. The number of aliphatic hydroxyl groups is 2. The van der Waals surface area contributed by atoms with Gasteiger partial charge in [0.2, 0.25) is 11.6 Å². The molecule has 44 heteroatoms. The number of hydrogen-bond donors (Lipinski definition) is 8. The van der Waals surface area contributed by atoms with E-state index in [4.69, 9.17) is 86.7 Å². The van der Waals surface area contributed by atoms with Crippen molar-refractivity contribution in [1.29, 1.82) is 0 Å². The number of benzene rings is 2. The molecule has 4 heterocycles. The first-order valence-electron chi connectivity index (χ1n) is 45.6. The summed E-state index contributed by atoms with van der Waals surface area (Å²) in [6.07, 6.45) is 4.07. The molecule has 0 saturated carbocycles. The summed E-state index contributed by atoms with van der Waals surface area (Å²) in [5, 5.41) is 47.1. The second-order valence-corrected chi connectivity index (χ2v) is 36.7. The molecule has 42 nitrogen and oxygen atoms in total. The number of nitrogens with zero attached hydrogens (tertiary/aromatic N) is 6. The van der Waals surface area contributed by atoms with E-state index in [0.717, 1.165) is 84.6 Å². The highest BCUT2D eigenvalue weighted by Gasteiger charge is 2.31. The van der Waals surface area contributed by atoms with Gasteiger partial charge in [-0.15, -0.1) is 8.75 Å². The van der Waals surface area contributed by atoms with Crippen LogP contribution in [0.5, 0.6) is 23.3 Å². The van der Waals surface area contributed by atoms with E-state index in [9.17, 15) is 67.1 Å². The van der Waals surface area contributed by atoms with Crippen molar-refractivity contribution in [2.75, 3.05) is 141 Å². The predicted octanol–water partition coefficient (Wildman–Crippen LogP) is 7.15. The molecule has 768 valence electrons. The first-order chi connectivity index (χ1) is 65.1. The standard InChI is InChI=1S/2C23H31NO6.2C22H36N4O8S.C4H4O4/c2*1-5-28-21(26)12-13-22(27)30-16(14-24-23(2,3)4)15-29-20-11-7-8-17-18(20)9-6-10-19(17)25;2*1-15(27)17(28)7-10-32-18(29)5-6-19(30)34-16(13-23-22(2,3)4)14-33-21-20(24-35-25-21)26-8-11-31-12-9-26;5-3(6)1-2-4(7)8/h2*7-8,11-13,16,24H,5-6,9-10,14-15H2,1-4H3;2*15-16,23,27H,5-14H2,1-4H3;1-2H,(H,5,6)(H,7,8)/b2*13-12-;;;2-1-/t2*16-;2*15?,16-;/m0000./s1. The number of esters is 8. The Hall–Kier alpha value is -11.4. The summed E-state index contributed by atoms with van der Waals surface area (Å²) in [4.78, 5) is 166. The molecule has 138 heavy (non-hydrogen) atoms. The lowest BCUT2D eigenvalue weighted by Gasteiger charge is -2.27.